The summed E-state index contributed by atoms with van der Waals surface area (Å²) in [6.45, 7) is 13.8. The number of hydrogen-bond donors (Lipinski definition) is 3. The molecule has 0 aliphatic heterocycles. The van der Waals surface area contributed by atoms with Gasteiger partial charge in [0, 0.05) is 5.69 Å². The van der Waals surface area contributed by atoms with Gasteiger partial charge >= 0.3 is 5.97 Å². The number of aromatic hydroxyl groups is 1. The molecule has 1 aliphatic rings. The third kappa shape index (κ3) is 6.17. The van der Waals surface area contributed by atoms with Crippen molar-refractivity contribution >= 4 is 23.3 Å². The molecule has 0 unspecified atom stereocenters. The summed E-state index contributed by atoms with van der Waals surface area (Å²) in [6, 6.07) is 18.4. The van der Waals surface area contributed by atoms with Crippen molar-refractivity contribution < 1.29 is 15.0 Å². The molecule has 36 heavy (non-hydrogen) atoms. The van der Waals surface area contributed by atoms with Gasteiger partial charge in [-0.25, -0.2) is 4.79 Å². The van der Waals surface area contributed by atoms with Crippen molar-refractivity contribution in [2.24, 2.45) is 0 Å². The molecular formula is C32H39NO3. The Labute approximate surface area is 215 Å². The minimum absolute atomic E-state index is 0.190. The highest BCUT2D eigenvalue weighted by atomic mass is 16.4. The van der Waals surface area contributed by atoms with Gasteiger partial charge in [0.15, 0.2) is 0 Å². The SMILES string of the molecule is CCc1cc2c(cc1C(C)=Cc1ccc(C(=O)O)cc1)C(C)(C)CCC2(C)C.Nc1ccc(O)cc1. The number of carboxylic acids is 1. The van der Waals surface area contributed by atoms with Gasteiger partial charge in [-0.05, 0) is 107 Å². The van der Waals surface area contributed by atoms with Crippen molar-refractivity contribution in [3.63, 3.8) is 0 Å². The standard InChI is InChI=1S/C26H32O2.C6H7NO/c1-7-19-15-22-23(26(5,6)13-12-25(22,3)4)16-21(19)17(2)14-18-8-10-20(11-9-18)24(27)28;7-5-1-3-6(8)4-2-5/h8-11,14-16H,7,12-13H2,1-6H3,(H,27,28);1-4,8H,7H2. The van der Waals surface area contributed by atoms with E-state index in [4.69, 9.17) is 15.9 Å². The average molecular weight is 486 g/mol. The normalized spacial score (nSPS) is 15.9. The van der Waals surface area contributed by atoms with Crippen LogP contribution in [0.5, 0.6) is 5.75 Å². The molecule has 0 spiro atoms. The number of fused-ring (bicyclic) bond motifs is 1. The van der Waals surface area contributed by atoms with E-state index in [0.29, 0.717) is 11.3 Å². The van der Waals surface area contributed by atoms with Crippen LogP contribution in [0.3, 0.4) is 0 Å². The molecule has 0 bridgehead atoms. The fourth-order valence-electron chi connectivity index (χ4n) is 4.84. The zero-order valence-corrected chi connectivity index (χ0v) is 22.4. The molecular weight excluding hydrogens is 446 g/mol. The van der Waals surface area contributed by atoms with Crippen LogP contribution in [0, 0.1) is 0 Å². The summed E-state index contributed by atoms with van der Waals surface area (Å²) in [5, 5.41) is 17.8. The number of carboxylic acid groups (broad SMARTS) is 1. The molecule has 0 atom stereocenters. The number of nitrogen functional groups attached to an aromatic ring is 1. The average Bonchev–Trinajstić information content (AvgIpc) is 2.84. The van der Waals surface area contributed by atoms with Gasteiger partial charge in [0.1, 0.15) is 5.75 Å². The van der Waals surface area contributed by atoms with E-state index in [-0.39, 0.29) is 16.6 Å². The van der Waals surface area contributed by atoms with Gasteiger partial charge in [-0.15, -0.1) is 0 Å². The lowest BCUT2D eigenvalue weighted by Crippen LogP contribution is -2.34. The van der Waals surface area contributed by atoms with Crippen molar-refractivity contribution in [1.29, 1.82) is 0 Å². The van der Waals surface area contributed by atoms with E-state index in [2.05, 4.69) is 59.8 Å². The zero-order chi connectivity index (χ0) is 26.7. The number of phenols is 1. The van der Waals surface area contributed by atoms with Crippen LogP contribution in [0.4, 0.5) is 5.69 Å². The Bertz CT molecular complexity index is 1230. The third-order valence-corrected chi connectivity index (χ3v) is 7.32. The molecule has 0 radical (unpaired) electrons. The molecule has 1 aliphatic carbocycles. The Morgan fingerprint density at radius 1 is 0.917 bits per heavy atom. The second-order valence-corrected chi connectivity index (χ2v) is 11.0. The molecule has 0 saturated carbocycles. The van der Waals surface area contributed by atoms with Crippen LogP contribution in [0.1, 0.15) is 92.6 Å². The Morgan fingerprint density at radius 3 is 1.92 bits per heavy atom. The maximum absolute atomic E-state index is 11.1. The lowest BCUT2D eigenvalue weighted by Gasteiger charge is -2.42. The number of nitrogens with two attached hydrogens (primary N) is 1. The highest BCUT2D eigenvalue weighted by Crippen LogP contribution is 2.47. The summed E-state index contributed by atoms with van der Waals surface area (Å²) >= 11 is 0. The van der Waals surface area contributed by atoms with Gasteiger partial charge in [0.25, 0.3) is 0 Å². The third-order valence-electron chi connectivity index (χ3n) is 7.32. The fourth-order valence-corrected chi connectivity index (χ4v) is 4.84. The molecule has 0 saturated heterocycles. The number of phenolic OH excluding ortho intramolecular Hbond substituents is 1. The molecule has 0 amide bonds. The number of benzene rings is 3. The molecule has 3 aromatic carbocycles. The highest BCUT2D eigenvalue weighted by molar-refractivity contribution is 5.88. The molecule has 190 valence electrons. The molecule has 4 rings (SSSR count). The van der Waals surface area contributed by atoms with Crippen LogP contribution in [-0.2, 0) is 17.3 Å². The van der Waals surface area contributed by atoms with Gasteiger partial charge in [-0.3, -0.25) is 0 Å². The quantitative estimate of drug-likeness (QED) is 0.200. The summed E-state index contributed by atoms with van der Waals surface area (Å²) in [7, 11) is 0. The predicted molar refractivity (Wildman–Crippen MR) is 151 cm³/mol. The highest BCUT2D eigenvalue weighted by Gasteiger charge is 2.37. The van der Waals surface area contributed by atoms with Gasteiger partial charge in [0.2, 0.25) is 0 Å². The lowest BCUT2D eigenvalue weighted by molar-refractivity contribution is 0.0697. The second kappa shape index (κ2) is 10.6. The molecule has 3 aromatic rings. The van der Waals surface area contributed by atoms with Crippen LogP contribution >= 0.6 is 0 Å². The summed E-state index contributed by atoms with van der Waals surface area (Å²) in [5.41, 5.74) is 14.7. The largest absolute Gasteiger partial charge is 0.508 e. The van der Waals surface area contributed by atoms with Crippen molar-refractivity contribution in [1.82, 2.24) is 0 Å². The van der Waals surface area contributed by atoms with E-state index in [1.807, 2.05) is 12.1 Å². The van der Waals surface area contributed by atoms with Crippen LogP contribution in [0.2, 0.25) is 0 Å². The zero-order valence-electron chi connectivity index (χ0n) is 22.4. The van der Waals surface area contributed by atoms with E-state index >= 15 is 0 Å². The lowest BCUT2D eigenvalue weighted by atomic mass is 9.62. The number of allylic oxidation sites excluding steroid dienone is 1. The van der Waals surface area contributed by atoms with Crippen LogP contribution in [0.25, 0.3) is 11.6 Å². The predicted octanol–water partition coefficient (Wildman–Crippen LogP) is 7.83. The Morgan fingerprint density at radius 2 is 1.44 bits per heavy atom. The van der Waals surface area contributed by atoms with E-state index in [9.17, 15) is 4.79 Å². The second-order valence-electron chi connectivity index (χ2n) is 11.0. The topological polar surface area (TPSA) is 83.5 Å². The number of carbonyl (C=O) groups is 1. The number of aromatic carboxylic acids is 1. The molecule has 0 aromatic heterocycles. The van der Waals surface area contributed by atoms with Crippen LogP contribution < -0.4 is 5.73 Å². The molecule has 4 heteroatoms. The van der Waals surface area contributed by atoms with E-state index < -0.39 is 5.97 Å². The van der Waals surface area contributed by atoms with Crippen molar-refractivity contribution in [2.45, 2.75) is 71.6 Å². The van der Waals surface area contributed by atoms with E-state index in [1.54, 1.807) is 36.4 Å². The smallest absolute Gasteiger partial charge is 0.335 e. The fraction of sp³-hybridized carbons (Fsp3) is 0.344. The van der Waals surface area contributed by atoms with Crippen molar-refractivity contribution in [2.75, 3.05) is 5.73 Å². The number of aryl methyl sites for hydroxylation is 1. The minimum Gasteiger partial charge on any atom is -0.508 e. The number of hydrogen-bond acceptors (Lipinski definition) is 3. The van der Waals surface area contributed by atoms with Gasteiger partial charge in [-0.2, -0.15) is 0 Å². The first-order valence-corrected chi connectivity index (χ1v) is 12.6. The van der Waals surface area contributed by atoms with E-state index in [0.717, 1.165) is 12.0 Å². The van der Waals surface area contributed by atoms with Crippen molar-refractivity contribution in [3.05, 3.63) is 94.0 Å². The first-order chi connectivity index (χ1) is 16.8. The Balaban J connectivity index is 0.000000383. The summed E-state index contributed by atoms with van der Waals surface area (Å²) in [6.07, 6.45) is 5.59. The summed E-state index contributed by atoms with van der Waals surface area (Å²) in [5.74, 6) is -0.640. The maximum Gasteiger partial charge on any atom is 0.335 e. The number of rotatable bonds is 4. The van der Waals surface area contributed by atoms with Crippen molar-refractivity contribution in [3.8, 4) is 5.75 Å². The minimum atomic E-state index is -0.889. The first-order valence-electron chi connectivity index (χ1n) is 12.6. The molecule has 0 fully saturated rings. The van der Waals surface area contributed by atoms with Crippen LogP contribution in [-0.4, -0.2) is 16.2 Å². The van der Waals surface area contributed by atoms with E-state index in [1.165, 1.54) is 40.7 Å². The van der Waals surface area contributed by atoms with Gasteiger partial charge in [-0.1, -0.05) is 65.0 Å². The maximum atomic E-state index is 11.1. The molecule has 4 nitrogen and oxygen atoms in total. The summed E-state index contributed by atoms with van der Waals surface area (Å²) < 4.78 is 0. The van der Waals surface area contributed by atoms with Crippen LogP contribution in [0.15, 0.2) is 60.7 Å². The summed E-state index contributed by atoms with van der Waals surface area (Å²) in [4.78, 5) is 11.1. The Hall–Kier alpha value is -3.53. The number of anilines is 1. The molecule has 4 N–H and O–H groups in total. The van der Waals surface area contributed by atoms with Gasteiger partial charge in [0.05, 0.1) is 5.56 Å². The first kappa shape index (κ1) is 27.1. The monoisotopic (exact) mass is 485 g/mol. The Kier molecular flexibility index (Phi) is 7.98. The molecule has 0 heterocycles. The van der Waals surface area contributed by atoms with Gasteiger partial charge < -0.3 is 15.9 Å².